The van der Waals surface area contributed by atoms with Crippen molar-refractivity contribution in [2.75, 3.05) is 6.61 Å². The molecule has 1 rings (SSSR count). The summed E-state index contributed by atoms with van der Waals surface area (Å²) in [4.78, 5) is 15.4. The average Bonchev–Trinajstić information content (AvgIpc) is 2.65. The number of ether oxygens (including phenoxy) is 1. The van der Waals surface area contributed by atoms with E-state index in [4.69, 9.17) is 10.5 Å². The molecule has 0 aliphatic carbocycles. The summed E-state index contributed by atoms with van der Waals surface area (Å²) in [5, 5.41) is 0. The maximum absolute atomic E-state index is 11.3. The smallest absolute Gasteiger partial charge is 0.325 e. The van der Waals surface area contributed by atoms with Crippen LogP contribution in [0.4, 0.5) is 0 Å². The fourth-order valence-corrected chi connectivity index (χ4v) is 1.19. The second-order valence-corrected chi connectivity index (χ2v) is 3.25. The molecule has 0 saturated heterocycles. The summed E-state index contributed by atoms with van der Waals surface area (Å²) < 4.78 is 6.73. The van der Waals surface area contributed by atoms with Crippen molar-refractivity contribution in [3.63, 3.8) is 0 Å². The summed E-state index contributed by atoms with van der Waals surface area (Å²) in [6.07, 6.45) is 5.27. The summed E-state index contributed by atoms with van der Waals surface area (Å²) in [6.45, 7) is 3.06. The zero-order valence-electron chi connectivity index (χ0n) is 8.98. The summed E-state index contributed by atoms with van der Waals surface area (Å²) >= 11 is 0. The number of nitrogens with two attached hydrogens (primary N) is 1. The molecular formula is C10H17N3O2. The molecular weight excluding hydrogens is 194 g/mol. The Kier molecular flexibility index (Phi) is 4.83. The quantitative estimate of drug-likeness (QED) is 0.555. The molecule has 5 heteroatoms. The van der Waals surface area contributed by atoms with Crippen molar-refractivity contribution < 1.29 is 9.53 Å². The van der Waals surface area contributed by atoms with Crippen LogP contribution in [0.15, 0.2) is 12.4 Å². The summed E-state index contributed by atoms with van der Waals surface area (Å²) in [5.41, 5.74) is 5.46. The first-order valence-electron chi connectivity index (χ1n) is 5.13. The number of nitrogens with zero attached hydrogens (tertiary/aromatic N) is 2. The largest absolute Gasteiger partial charge is 0.464 e. The van der Waals surface area contributed by atoms with Gasteiger partial charge >= 0.3 is 5.97 Å². The van der Waals surface area contributed by atoms with Crippen LogP contribution in [0.25, 0.3) is 0 Å². The zero-order chi connectivity index (χ0) is 11.1. The number of imidazole rings is 1. The number of carbonyl (C=O) groups is 1. The minimum absolute atomic E-state index is 0.191. The minimum atomic E-state index is -0.240. The Morgan fingerprint density at radius 2 is 2.47 bits per heavy atom. The van der Waals surface area contributed by atoms with E-state index in [1.807, 2.05) is 0 Å². The Hall–Kier alpha value is -1.36. The Bertz CT molecular complexity index is 309. The van der Waals surface area contributed by atoms with E-state index in [2.05, 4.69) is 11.9 Å². The number of hydrogen-bond donors (Lipinski definition) is 1. The van der Waals surface area contributed by atoms with Crippen molar-refractivity contribution in [2.24, 2.45) is 5.73 Å². The van der Waals surface area contributed by atoms with E-state index in [0.29, 0.717) is 19.0 Å². The monoisotopic (exact) mass is 211 g/mol. The Balaban J connectivity index is 2.37. The molecule has 1 aromatic heterocycles. The topological polar surface area (TPSA) is 70.1 Å². The van der Waals surface area contributed by atoms with Gasteiger partial charge in [0.15, 0.2) is 0 Å². The van der Waals surface area contributed by atoms with Crippen molar-refractivity contribution in [1.82, 2.24) is 9.55 Å². The maximum Gasteiger partial charge on any atom is 0.325 e. The molecule has 0 amide bonds. The molecule has 84 valence electrons. The first kappa shape index (κ1) is 11.7. The van der Waals surface area contributed by atoms with E-state index >= 15 is 0 Å². The van der Waals surface area contributed by atoms with Crippen molar-refractivity contribution in [3.05, 3.63) is 18.2 Å². The maximum atomic E-state index is 11.3. The third kappa shape index (κ3) is 3.71. The van der Waals surface area contributed by atoms with E-state index in [1.54, 1.807) is 17.0 Å². The first-order chi connectivity index (χ1) is 7.27. The Labute approximate surface area is 89.2 Å². The highest BCUT2D eigenvalue weighted by atomic mass is 16.5. The molecule has 0 fully saturated rings. The van der Waals surface area contributed by atoms with Crippen LogP contribution in [0.2, 0.25) is 0 Å². The van der Waals surface area contributed by atoms with Gasteiger partial charge in [0, 0.05) is 12.4 Å². The molecule has 0 bridgehead atoms. The van der Waals surface area contributed by atoms with Crippen LogP contribution in [0.5, 0.6) is 0 Å². The molecule has 1 aromatic rings. The lowest BCUT2D eigenvalue weighted by atomic mass is 10.4. The van der Waals surface area contributed by atoms with E-state index in [1.165, 1.54) is 0 Å². The highest BCUT2D eigenvalue weighted by molar-refractivity contribution is 5.69. The second kappa shape index (κ2) is 6.19. The second-order valence-electron chi connectivity index (χ2n) is 3.25. The Morgan fingerprint density at radius 3 is 3.13 bits per heavy atom. The van der Waals surface area contributed by atoms with Crippen LogP contribution >= 0.6 is 0 Å². The van der Waals surface area contributed by atoms with Crippen molar-refractivity contribution >= 4 is 5.97 Å². The molecule has 5 nitrogen and oxygen atoms in total. The molecule has 0 aliphatic heterocycles. The lowest BCUT2D eigenvalue weighted by Gasteiger charge is -2.06. The van der Waals surface area contributed by atoms with Crippen LogP contribution in [-0.4, -0.2) is 22.1 Å². The molecule has 0 unspecified atom stereocenters. The van der Waals surface area contributed by atoms with Gasteiger partial charge < -0.3 is 15.0 Å². The lowest BCUT2D eigenvalue weighted by molar-refractivity contribution is -0.144. The summed E-state index contributed by atoms with van der Waals surface area (Å²) in [7, 11) is 0. The molecule has 15 heavy (non-hydrogen) atoms. The van der Waals surface area contributed by atoms with Gasteiger partial charge in [-0.05, 0) is 6.42 Å². The number of unbranched alkanes of at least 4 members (excludes halogenated alkanes) is 1. The lowest BCUT2D eigenvalue weighted by Crippen LogP contribution is -2.17. The van der Waals surface area contributed by atoms with Gasteiger partial charge in [-0.3, -0.25) is 4.79 Å². The van der Waals surface area contributed by atoms with Gasteiger partial charge in [-0.1, -0.05) is 13.3 Å². The van der Waals surface area contributed by atoms with Gasteiger partial charge in [0.25, 0.3) is 0 Å². The number of rotatable bonds is 6. The SMILES string of the molecule is CCCCOC(=O)Cn1ccnc1CN. The molecule has 0 aromatic carbocycles. The van der Waals surface area contributed by atoms with Gasteiger partial charge in [0.2, 0.25) is 0 Å². The van der Waals surface area contributed by atoms with E-state index in [-0.39, 0.29) is 12.5 Å². The van der Waals surface area contributed by atoms with Crippen LogP contribution in [0.1, 0.15) is 25.6 Å². The van der Waals surface area contributed by atoms with Crippen molar-refractivity contribution in [2.45, 2.75) is 32.9 Å². The zero-order valence-corrected chi connectivity index (χ0v) is 8.98. The first-order valence-corrected chi connectivity index (χ1v) is 5.13. The van der Waals surface area contributed by atoms with E-state index in [9.17, 15) is 4.79 Å². The van der Waals surface area contributed by atoms with E-state index < -0.39 is 0 Å². The molecule has 0 atom stereocenters. The van der Waals surface area contributed by atoms with Gasteiger partial charge in [-0.15, -0.1) is 0 Å². The summed E-state index contributed by atoms with van der Waals surface area (Å²) in [5.74, 6) is 0.457. The van der Waals surface area contributed by atoms with Crippen LogP contribution in [0.3, 0.4) is 0 Å². The van der Waals surface area contributed by atoms with Gasteiger partial charge in [-0.2, -0.15) is 0 Å². The highest BCUT2D eigenvalue weighted by Gasteiger charge is 2.06. The van der Waals surface area contributed by atoms with Crippen LogP contribution in [0, 0.1) is 0 Å². The fourth-order valence-electron chi connectivity index (χ4n) is 1.19. The van der Waals surface area contributed by atoms with Gasteiger partial charge in [0.1, 0.15) is 12.4 Å². The van der Waals surface area contributed by atoms with Crippen LogP contribution in [-0.2, 0) is 22.6 Å². The third-order valence-corrected chi connectivity index (χ3v) is 2.04. The van der Waals surface area contributed by atoms with Crippen molar-refractivity contribution in [3.8, 4) is 0 Å². The minimum Gasteiger partial charge on any atom is -0.464 e. The van der Waals surface area contributed by atoms with Gasteiger partial charge in [-0.25, -0.2) is 4.98 Å². The Morgan fingerprint density at radius 1 is 1.67 bits per heavy atom. The fraction of sp³-hybridized carbons (Fsp3) is 0.600. The molecule has 0 radical (unpaired) electrons. The standard InChI is InChI=1S/C10H17N3O2/c1-2-3-6-15-10(14)8-13-5-4-12-9(13)7-11/h4-5H,2-3,6-8,11H2,1H3. The number of hydrogen-bond acceptors (Lipinski definition) is 4. The van der Waals surface area contributed by atoms with E-state index in [0.717, 1.165) is 12.8 Å². The average molecular weight is 211 g/mol. The van der Waals surface area contributed by atoms with Gasteiger partial charge in [0.05, 0.1) is 13.2 Å². The van der Waals surface area contributed by atoms with Crippen LogP contribution < -0.4 is 5.73 Å². The number of aromatic nitrogens is 2. The summed E-state index contributed by atoms with van der Waals surface area (Å²) in [6, 6.07) is 0. The molecule has 0 spiro atoms. The predicted molar refractivity (Wildman–Crippen MR) is 56.0 cm³/mol. The normalized spacial score (nSPS) is 10.3. The highest BCUT2D eigenvalue weighted by Crippen LogP contribution is 1.98. The third-order valence-electron chi connectivity index (χ3n) is 2.04. The number of carbonyl (C=O) groups excluding carboxylic acids is 1. The predicted octanol–water partition coefficient (Wildman–Crippen LogP) is 0.685. The molecule has 0 saturated carbocycles. The molecule has 1 heterocycles. The molecule has 2 N–H and O–H groups in total. The van der Waals surface area contributed by atoms with Crippen molar-refractivity contribution in [1.29, 1.82) is 0 Å². The number of esters is 1. The molecule has 0 aliphatic rings.